The molecular formula is C18H27OP. The molecule has 1 spiro atoms. The van der Waals surface area contributed by atoms with E-state index in [2.05, 4.69) is 34.6 Å². The third kappa shape index (κ3) is 0.968. The number of hydrogen-bond acceptors (Lipinski definition) is 1. The number of allylic oxidation sites excluding steroid dienone is 2. The predicted molar refractivity (Wildman–Crippen MR) is 84.0 cm³/mol. The molecule has 2 aliphatic carbocycles. The molecule has 2 heteroatoms. The van der Waals surface area contributed by atoms with Gasteiger partial charge in [0.05, 0.1) is 5.60 Å². The van der Waals surface area contributed by atoms with E-state index in [0.29, 0.717) is 10.8 Å². The van der Waals surface area contributed by atoms with Gasteiger partial charge in [0.15, 0.2) is 0 Å². The van der Waals surface area contributed by atoms with Crippen molar-refractivity contribution >= 4 is 8.15 Å². The van der Waals surface area contributed by atoms with Crippen molar-refractivity contribution in [3.63, 3.8) is 0 Å². The average Bonchev–Trinajstić information content (AvgIpc) is 3.07. The van der Waals surface area contributed by atoms with E-state index in [-0.39, 0.29) is 13.7 Å². The van der Waals surface area contributed by atoms with Crippen LogP contribution in [0, 0.1) is 22.7 Å². The van der Waals surface area contributed by atoms with Crippen molar-refractivity contribution in [3.05, 3.63) is 11.1 Å². The van der Waals surface area contributed by atoms with Gasteiger partial charge >= 0.3 is 0 Å². The highest BCUT2D eigenvalue weighted by molar-refractivity contribution is 7.56. The van der Waals surface area contributed by atoms with E-state index < -0.39 is 0 Å². The van der Waals surface area contributed by atoms with Crippen LogP contribution in [0.1, 0.15) is 60.3 Å². The summed E-state index contributed by atoms with van der Waals surface area (Å²) in [4.78, 5) is 0. The van der Waals surface area contributed by atoms with E-state index in [1.807, 2.05) is 0 Å². The highest BCUT2D eigenvalue weighted by Crippen LogP contribution is 2.85. The largest absolute Gasteiger partial charge is 0.351 e. The third-order valence-corrected chi connectivity index (χ3v) is 11.8. The number of hydrogen-bond donors (Lipinski definition) is 0. The van der Waals surface area contributed by atoms with Crippen LogP contribution in [-0.4, -0.2) is 16.9 Å². The quantitative estimate of drug-likeness (QED) is 0.445. The molecule has 0 aromatic heterocycles. The molecule has 0 amide bonds. The lowest BCUT2D eigenvalue weighted by molar-refractivity contribution is -0.0931. The van der Waals surface area contributed by atoms with Crippen LogP contribution < -0.4 is 0 Å². The smallest absolute Gasteiger partial charge is 0.0825 e. The van der Waals surface area contributed by atoms with E-state index in [1.165, 1.54) is 25.7 Å². The second kappa shape index (κ2) is 3.23. The van der Waals surface area contributed by atoms with Crippen molar-refractivity contribution in [2.45, 2.75) is 77.2 Å². The molecule has 2 saturated carbocycles. The Kier molecular flexibility index (Phi) is 2.04. The Hall–Kier alpha value is 0.130. The summed E-state index contributed by atoms with van der Waals surface area (Å²) < 4.78 is 7.03. The maximum Gasteiger partial charge on any atom is 0.0825 e. The van der Waals surface area contributed by atoms with Gasteiger partial charge in [-0.1, -0.05) is 31.9 Å². The summed E-state index contributed by atoms with van der Waals surface area (Å²) in [6.45, 7) is 12.4. The first-order valence-corrected chi connectivity index (χ1v) is 9.88. The van der Waals surface area contributed by atoms with Crippen molar-refractivity contribution in [3.8, 4) is 0 Å². The van der Waals surface area contributed by atoms with E-state index in [4.69, 9.17) is 4.52 Å². The van der Waals surface area contributed by atoms with Crippen LogP contribution in [0.2, 0.25) is 0 Å². The van der Waals surface area contributed by atoms with Gasteiger partial charge in [0.25, 0.3) is 0 Å². The lowest BCUT2D eigenvalue weighted by Gasteiger charge is -2.52. The molecule has 0 unspecified atom stereocenters. The first-order chi connectivity index (χ1) is 9.33. The van der Waals surface area contributed by atoms with Gasteiger partial charge in [-0.15, -0.1) is 0 Å². The van der Waals surface area contributed by atoms with Gasteiger partial charge in [-0.25, -0.2) is 0 Å². The van der Waals surface area contributed by atoms with Gasteiger partial charge in [0.2, 0.25) is 0 Å². The van der Waals surface area contributed by atoms with Gasteiger partial charge in [-0.2, -0.15) is 0 Å². The Morgan fingerprint density at radius 1 is 1.15 bits per heavy atom. The molecule has 5 aliphatic rings. The zero-order chi connectivity index (χ0) is 14.1. The molecule has 110 valence electrons. The van der Waals surface area contributed by atoms with E-state index >= 15 is 0 Å². The molecule has 3 heterocycles. The molecule has 4 fully saturated rings. The van der Waals surface area contributed by atoms with Crippen LogP contribution in [-0.2, 0) is 4.52 Å². The Labute approximate surface area is 124 Å². The highest BCUT2D eigenvalue weighted by atomic mass is 31.1. The Morgan fingerprint density at radius 2 is 1.90 bits per heavy atom. The van der Waals surface area contributed by atoms with Crippen LogP contribution in [0.3, 0.4) is 0 Å². The fourth-order valence-corrected chi connectivity index (χ4v) is 10.8. The molecule has 0 radical (unpaired) electrons. The van der Waals surface area contributed by atoms with Crippen molar-refractivity contribution in [2.24, 2.45) is 22.7 Å². The average molecular weight is 290 g/mol. The third-order valence-electron chi connectivity index (χ3n) is 8.79. The fraction of sp³-hybridized carbons (Fsp3) is 0.889. The van der Waals surface area contributed by atoms with Gasteiger partial charge in [-0.3, -0.25) is 0 Å². The van der Waals surface area contributed by atoms with Crippen molar-refractivity contribution in [1.29, 1.82) is 0 Å². The van der Waals surface area contributed by atoms with Crippen molar-refractivity contribution in [1.82, 2.24) is 0 Å². The van der Waals surface area contributed by atoms with Crippen LogP contribution >= 0.6 is 8.15 Å². The molecule has 3 aliphatic heterocycles. The Balaban J connectivity index is 1.64. The van der Waals surface area contributed by atoms with Gasteiger partial charge in [0.1, 0.15) is 0 Å². The number of rotatable bonds is 0. The monoisotopic (exact) mass is 290 g/mol. The Morgan fingerprint density at radius 3 is 2.45 bits per heavy atom. The molecular weight excluding hydrogens is 263 g/mol. The van der Waals surface area contributed by atoms with Crippen LogP contribution in [0.15, 0.2) is 11.1 Å². The molecule has 6 bridgehead atoms. The summed E-state index contributed by atoms with van der Waals surface area (Å²) >= 11 is 0. The normalized spacial score (nSPS) is 61.4. The number of fused-ring (bicyclic) bond motifs is 4. The molecule has 0 aromatic carbocycles. The summed E-state index contributed by atoms with van der Waals surface area (Å²) in [7, 11) is -0.178. The highest BCUT2D eigenvalue weighted by Gasteiger charge is 2.78. The molecule has 7 atom stereocenters. The predicted octanol–water partition coefficient (Wildman–Crippen LogP) is 5.11. The van der Waals surface area contributed by atoms with Crippen molar-refractivity contribution in [2.75, 3.05) is 0 Å². The maximum atomic E-state index is 7.03. The van der Waals surface area contributed by atoms with Gasteiger partial charge in [0, 0.05) is 30.8 Å². The summed E-state index contributed by atoms with van der Waals surface area (Å²) in [5, 5.41) is 0. The van der Waals surface area contributed by atoms with Crippen LogP contribution in [0.4, 0.5) is 0 Å². The SMILES string of the molecule is CC1=C(C)[C@H]2[C@H]3C[C@@H]1[P@@]2O[C@@]31C[C@H]2CC[C@]1(C)C2(C)C. The Bertz CT molecular complexity index is 550. The van der Waals surface area contributed by atoms with Crippen LogP contribution in [0.25, 0.3) is 0 Å². The second-order valence-corrected chi connectivity index (χ2v) is 11.1. The molecule has 5 rings (SSSR count). The van der Waals surface area contributed by atoms with Crippen molar-refractivity contribution < 1.29 is 4.52 Å². The topological polar surface area (TPSA) is 9.23 Å². The molecule has 0 N–H and O–H groups in total. The van der Waals surface area contributed by atoms with E-state index in [9.17, 15) is 0 Å². The molecule has 20 heavy (non-hydrogen) atoms. The molecule has 2 saturated heterocycles. The fourth-order valence-electron chi connectivity index (χ4n) is 7.02. The minimum atomic E-state index is -0.178. The summed E-state index contributed by atoms with van der Waals surface area (Å²) in [5.41, 5.74) is 6.26. The summed E-state index contributed by atoms with van der Waals surface area (Å²) in [5.74, 6) is 1.77. The zero-order valence-electron chi connectivity index (χ0n) is 13.5. The first-order valence-electron chi connectivity index (χ1n) is 8.48. The second-order valence-electron chi connectivity index (χ2n) is 9.00. The minimum absolute atomic E-state index is 0.178. The minimum Gasteiger partial charge on any atom is -0.351 e. The summed E-state index contributed by atoms with van der Waals surface area (Å²) in [6, 6.07) is 0. The van der Waals surface area contributed by atoms with Gasteiger partial charge in [-0.05, 0) is 50.9 Å². The van der Waals surface area contributed by atoms with Crippen LogP contribution in [0.5, 0.6) is 0 Å². The maximum absolute atomic E-state index is 7.03. The first kappa shape index (κ1) is 12.7. The summed E-state index contributed by atoms with van der Waals surface area (Å²) in [6.07, 6.45) is 5.68. The van der Waals surface area contributed by atoms with Gasteiger partial charge < -0.3 is 4.52 Å². The van der Waals surface area contributed by atoms with E-state index in [1.54, 1.807) is 11.1 Å². The lowest BCUT2D eigenvalue weighted by Crippen LogP contribution is -2.54. The molecule has 1 nitrogen and oxygen atoms in total. The standard InChI is InChI=1S/C18H27OP/c1-10-11(2)15-13-8-14(10)20(15)19-18(13)9-12-6-7-17(18,5)16(12,3)4/h12-15H,6-9H2,1-5H3/t12-,13-,14+,15+,17-,18+,20-/m1/s1. The molecule has 0 aromatic rings. The zero-order valence-corrected chi connectivity index (χ0v) is 14.4. The van der Waals surface area contributed by atoms with E-state index in [0.717, 1.165) is 23.2 Å². The lowest BCUT2D eigenvalue weighted by atomic mass is 9.58.